The van der Waals surface area contributed by atoms with Crippen LogP contribution in [0.4, 0.5) is 0 Å². The van der Waals surface area contributed by atoms with Crippen molar-refractivity contribution in [1.29, 1.82) is 0 Å². The monoisotopic (exact) mass is 270 g/mol. The highest BCUT2D eigenvalue weighted by Gasteiger charge is 2.09. The molecule has 0 atom stereocenters. The van der Waals surface area contributed by atoms with E-state index in [2.05, 4.69) is 5.10 Å². The number of aryl methyl sites for hydroxylation is 1. The van der Waals surface area contributed by atoms with Crippen LogP contribution in [-0.2, 0) is 7.05 Å². The van der Waals surface area contributed by atoms with Gasteiger partial charge in [0.1, 0.15) is 0 Å². The van der Waals surface area contributed by atoms with Crippen molar-refractivity contribution in [2.75, 3.05) is 0 Å². The second-order valence-corrected chi connectivity index (χ2v) is 4.77. The van der Waals surface area contributed by atoms with Gasteiger partial charge < -0.3 is 0 Å². The first-order valence-corrected chi connectivity index (χ1v) is 6.26. The summed E-state index contributed by atoms with van der Waals surface area (Å²) in [5, 5.41) is 6.57. The van der Waals surface area contributed by atoms with E-state index in [1.54, 1.807) is 7.05 Å². The zero-order valence-corrected chi connectivity index (χ0v) is 11.1. The number of halogens is 1. The molecule has 0 aliphatic rings. The first-order chi connectivity index (χ1) is 9.16. The summed E-state index contributed by atoms with van der Waals surface area (Å²) in [5.41, 5.74) is 1.64. The molecule has 0 saturated heterocycles. The normalized spacial score (nSPS) is 10.8. The third-order valence-electron chi connectivity index (χ3n) is 3.07. The van der Waals surface area contributed by atoms with E-state index in [1.807, 2.05) is 48.5 Å². The van der Waals surface area contributed by atoms with Crippen LogP contribution in [0, 0.1) is 0 Å². The average molecular weight is 271 g/mol. The zero-order chi connectivity index (χ0) is 13.4. The second-order valence-electron chi connectivity index (χ2n) is 4.33. The van der Waals surface area contributed by atoms with Crippen LogP contribution in [0.3, 0.4) is 0 Å². The van der Waals surface area contributed by atoms with Gasteiger partial charge in [0.05, 0.1) is 11.1 Å². The summed E-state index contributed by atoms with van der Waals surface area (Å²) < 4.78 is 1.37. The quantitative estimate of drug-likeness (QED) is 0.680. The van der Waals surface area contributed by atoms with Crippen molar-refractivity contribution in [1.82, 2.24) is 9.78 Å². The van der Waals surface area contributed by atoms with Gasteiger partial charge in [-0.25, -0.2) is 4.68 Å². The lowest BCUT2D eigenvalue weighted by molar-refractivity contribution is 0.722. The first-order valence-electron chi connectivity index (χ1n) is 5.89. The van der Waals surface area contributed by atoms with Gasteiger partial charge in [0, 0.05) is 23.0 Å². The van der Waals surface area contributed by atoms with Crippen LogP contribution in [0.25, 0.3) is 22.0 Å². The van der Waals surface area contributed by atoms with Crippen LogP contribution < -0.4 is 5.56 Å². The highest BCUT2D eigenvalue weighted by molar-refractivity contribution is 6.30. The van der Waals surface area contributed by atoms with Crippen molar-refractivity contribution in [3.63, 3.8) is 0 Å². The highest BCUT2D eigenvalue weighted by Crippen LogP contribution is 2.25. The average Bonchev–Trinajstić information content (AvgIpc) is 2.44. The molecule has 0 N–H and O–H groups in total. The van der Waals surface area contributed by atoms with Gasteiger partial charge in [-0.15, -0.1) is 0 Å². The summed E-state index contributed by atoms with van der Waals surface area (Å²) in [7, 11) is 1.66. The summed E-state index contributed by atoms with van der Waals surface area (Å²) in [4.78, 5) is 12.0. The van der Waals surface area contributed by atoms with E-state index in [4.69, 9.17) is 11.6 Å². The smallest absolute Gasteiger partial charge is 0.267 e. The van der Waals surface area contributed by atoms with Gasteiger partial charge in [0.15, 0.2) is 0 Å². The molecule has 1 aromatic heterocycles. The molecule has 0 amide bonds. The molecule has 19 heavy (non-hydrogen) atoms. The Hall–Kier alpha value is -2.13. The Balaban J connectivity index is 2.38. The number of aromatic nitrogens is 2. The van der Waals surface area contributed by atoms with Gasteiger partial charge in [-0.3, -0.25) is 4.79 Å². The van der Waals surface area contributed by atoms with Gasteiger partial charge in [-0.05, 0) is 18.2 Å². The van der Waals surface area contributed by atoms with Crippen LogP contribution in [0.2, 0.25) is 5.02 Å². The zero-order valence-electron chi connectivity index (χ0n) is 10.3. The fraction of sp³-hybridized carbons (Fsp3) is 0.0667. The van der Waals surface area contributed by atoms with E-state index >= 15 is 0 Å². The Labute approximate surface area is 115 Å². The second kappa shape index (κ2) is 4.52. The van der Waals surface area contributed by atoms with Gasteiger partial charge >= 0.3 is 0 Å². The molecule has 0 fully saturated rings. The number of benzene rings is 2. The fourth-order valence-electron chi connectivity index (χ4n) is 2.12. The lowest BCUT2D eigenvalue weighted by Crippen LogP contribution is -2.20. The van der Waals surface area contributed by atoms with Gasteiger partial charge in [0.25, 0.3) is 5.56 Å². The van der Waals surface area contributed by atoms with Gasteiger partial charge in [0.2, 0.25) is 0 Å². The molecule has 0 unspecified atom stereocenters. The van der Waals surface area contributed by atoms with Crippen molar-refractivity contribution >= 4 is 22.4 Å². The Morgan fingerprint density at radius 2 is 1.63 bits per heavy atom. The van der Waals surface area contributed by atoms with Crippen molar-refractivity contribution in [2.24, 2.45) is 7.05 Å². The molecule has 3 aromatic rings. The summed E-state index contributed by atoms with van der Waals surface area (Å²) in [6, 6.07) is 14.9. The molecule has 3 rings (SSSR count). The molecule has 4 heteroatoms. The van der Waals surface area contributed by atoms with E-state index in [0.717, 1.165) is 16.6 Å². The number of fused-ring (bicyclic) bond motifs is 1. The minimum atomic E-state index is -0.0895. The van der Waals surface area contributed by atoms with Crippen molar-refractivity contribution in [3.8, 4) is 11.3 Å². The molecule has 1 heterocycles. The van der Waals surface area contributed by atoms with Crippen LogP contribution in [0.1, 0.15) is 0 Å². The fourth-order valence-corrected chi connectivity index (χ4v) is 2.25. The van der Waals surface area contributed by atoms with E-state index in [1.165, 1.54) is 4.68 Å². The Morgan fingerprint density at radius 1 is 1.00 bits per heavy atom. The number of rotatable bonds is 1. The molecule has 0 radical (unpaired) electrons. The minimum absolute atomic E-state index is 0.0895. The number of hydrogen-bond donors (Lipinski definition) is 0. The van der Waals surface area contributed by atoms with Crippen LogP contribution in [-0.4, -0.2) is 9.78 Å². The SMILES string of the molecule is Cn1nc(-c2ccc(Cl)cc2)c2ccccc2c1=O. The summed E-state index contributed by atoms with van der Waals surface area (Å²) >= 11 is 5.90. The largest absolute Gasteiger partial charge is 0.274 e. The van der Waals surface area contributed by atoms with E-state index in [9.17, 15) is 4.79 Å². The molecule has 0 bridgehead atoms. The van der Waals surface area contributed by atoms with E-state index in [0.29, 0.717) is 10.4 Å². The van der Waals surface area contributed by atoms with Crippen molar-refractivity contribution in [3.05, 3.63) is 63.9 Å². The summed E-state index contributed by atoms with van der Waals surface area (Å²) in [6.45, 7) is 0. The molecule has 0 spiro atoms. The molecule has 0 aliphatic heterocycles. The van der Waals surface area contributed by atoms with Crippen LogP contribution in [0.15, 0.2) is 53.3 Å². The molecule has 94 valence electrons. The molecule has 2 aromatic carbocycles. The maximum Gasteiger partial charge on any atom is 0.274 e. The van der Waals surface area contributed by atoms with Gasteiger partial charge in [-0.2, -0.15) is 5.10 Å². The predicted octanol–water partition coefficient (Wildman–Crippen LogP) is 3.25. The molecule has 3 nitrogen and oxygen atoms in total. The number of nitrogens with zero attached hydrogens (tertiary/aromatic N) is 2. The third kappa shape index (κ3) is 2.02. The maximum absolute atomic E-state index is 12.0. The topological polar surface area (TPSA) is 34.9 Å². The molecular formula is C15H11ClN2O. The molecule has 0 saturated carbocycles. The van der Waals surface area contributed by atoms with Crippen LogP contribution in [0.5, 0.6) is 0 Å². The van der Waals surface area contributed by atoms with Crippen LogP contribution >= 0.6 is 11.6 Å². The van der Waals surface area contributed by atoms with E-state index < -0.39 is 0 Å². The third-order valence-corrected chi connectivity index (χ3v) is 3.33. The highest BCUT2D eigenvalue weighted by atomic mass is 35.5. The predicted molar refractivity (Wildman–Crippen MR) is 77.4 cm³/mol. The van der Waals surface area contributed by atoms with E-state index in [-0.39, 0.29) is 5.56 Å². The number of hydrogen-bond acceptors (Lipinski definition) is 2. The Bertz CT molecular complexity index is 806. The first kappa shape index (κ1) is 11.9. The molecular weight excluding hydrogens is 260 g/mol. The maximum atomic E-state index is 12.0. The van der Waals surface area contributed by atoms with Crippen molar-refractivity contribution < 1.29 is 0 Å². The standard InChI is InChI=1S/C15H11ClN2O/c1-18-15(19)13-5-3-2-4-12(13)14(17-18)10-6-8-11(16)9-7-10/h2-9H,1H3. The Morgan fingerprint density at radius 3 is 2.32 bits per heavy atom. The molecule has 0 aliphatic carbocycles. The van der Waals surface area contributed by atoms with Crippen molar-refractivity contribution in [2.45, 2.75) is 0 Å². The summed E-state index contributed by atoms with van der Waals surface area (Å²) in [5.74, 6) is 0. The lowest BCUT2D eigenvalue weighted by Gasteiger charge is -2.08. The van der Waals surface area contributed by atoms with Gasteiger partial charge in [-0.1, -0.05) is 41.9 Å². The summed E-state index contributed by atoms with van der Waals surface area (Å²) in [6.07, 6.45) is 0. The lowest BCUT2D eigenvalue weighted by atomic mass is 10.1. The Kier molecular flexibility index (Phi) is 2.84. The minimum Gasteiger partial charge on any atom is -0.267 e.